The van der Waals surface area contributed by atoms with Crippen molar-refractivity contribution in [1.29, 1.82) is 0 Å². The molecule has 0 bridgehead atoms. The van der Waals surface area contributed by atoms with Gasteiger partial charge in [0.2, 0.25) is 0 Å². The first-order valence-corrected chi connectivity index (χ1v) is 9.61. The van der Waals surface area contributed by atoms with E-state index in [1.165, 1.54) is 6.33 Å². The maximum absolute atomic E-state index is 13.1. The van der Waals surface area contributed by atoms with Crippen LogP contribution in [0.25, 0.3) is 22.1 Å². The van der Waals surface area contributed by atoms with E-state index < -0.39 is 0 Å². The van der Waals surface area contributed by atoms with E-state index in [1.807, 2.05) is 23.1 Å². The molecule has 0 radical (unpaired) electrons. The molecule has 10 nitrogen and oxygen atoms in total. The Morgan fingerprint density at radius 3 is 2.53 bits per heavy atom. The van der Waals surface area contributed by atoms with Crippen molar-refractivity contribution >= 4 is 33.8 Å². The predicted molar refractivity (Wildman–Crippen MR) is 111 cm³/mol. The summed E-state index contributed by atoms with van der Waals surface area (Å²) in [6, 6.07) is 5.48. The summed E-state index contributed by atoms with van der Waals surface area (Å²) < 4.78 is 10.8. The number of amides is 1. The quantitative estimate of drug-likeness (QED) is 0.531. The van der Waals surface area contributed by atoms with Gasteiger partial charge in [0.15, 0.2) is 11.5 Å². The van der Waals surface area contributed by atoms with Crippen LogP contribution >= 0.6 is 0 Å². The van der Waals surface area contributed by atoms with E-state index in [4.69, 9.17) is 9.47 Å². The maximum atomic E-state index is 13.1. The lowest BCUT2D eigenvalue weighted by Gasteiger charge is -2.35. The van der Waals surface area contributed by atoms with Crippen LogP contribution in [0.4, 0.5) is 5.82 Å². The molecule has 0 aliphatic carbocycles. The van der Waals surface area contributed by atoms with E-state index >= 15 is 0 Å². The van der Waals surface area contributed by atoms with Gasteiger partial charge in [-0.05, 0) is 18.2 Å². The molecule has 1 aromatic carbocycles. The number of anilines is 1. The number of nitrogens with zero attached hydrogens (tertiary/aromatic N) is 5. The van der Waals surface area contributed by atoms with Crippen molar-refractivity contribution in [2.75, 3.05) is 45.3 Å². The van der Waals surface area contributed by atoms with Gasteiger partial charge in [-0.1, -0.05) is 0 Å². The number of piperazine rings is 1. The first-order chi connectivity index (χ1) is 14.7. The zero-order valence-electron chi connectivity index (χ0n) is 16.7. The van der Waals surface area contributed by atoms with Crippen LogP contribution < -0.4 is 14.4 Å². The summed E-state index contributed by atoms with van der Waals surface area (Å²) in [6.07, 6.45) is 3.13. The van der Waals surface area contributed by atoms with Crippen molar-refractivity contribution in [3.05, 3.63) is 36.5 Å². The summed E-state index contributed by atoms with van der Waals surface area (Å²) in [6.45, 7) is 2.51. The van der Waals surface area contributed by atoms with Crippen LogP contribution in [0.15, 0.2) is 30.9 Å². The minimum atomic E-state index is -0.0515. The molecule has 1 fully saturated rings. The number of benzene rings is 1. The molecule has 4 heterocycles. The summed E-state index contributed by atoms with van der Waals surface area (Å²) in [7, 11) is 3.21. The molecule has 1 aliphatic rings. The molecule has 0 saturated carbocycles. The van der Waals surface area contributed by atoms with E-state index in [-0.39, 0.29) is 5.91 Å². The SMILES string of the molecule is COc1ccc(OC)c2[nH]c(C(=O)N3CCN(c4ncnc5nc[nH]c45)CC3)cc12. The van der Waals surface area contributed by atoms with Crippen LogP contribution in [-0.4, -0.2) is 76.1 Å². The van der Waals surface area contributed by atoms with Crippen molar-refractivity contribution in [1.82, 2.24) is 29.8 Å². The molecule has 0 unspecified atom stereocenters. The molecule has 1 aliphatic heterocycles. The number of hydrogen-bond acceptors (Lipinski definition) is 7. The minimum Gasteiger partial charge on any atom is -0.496 e. The lowest BCUT2D eigenvalue weighted by molar-refractivity contribution is 0.0741. The molecule has 0 spiro atoms. The number of hydrogen-bond donors (Lipinski definition) is 2. The number of carbonyl (C=O) groups is 1. The fraction of sp³-hybridized carbons (Fsp3) is 0.300. The predicted octanol–water partition coefficient (Wildman–Crippen LogP) is 1.81. The zero-order valence-corrected chi connectivity index (χ0v) is 16.7. The van der Waals surface area contributed by atoms with Crippen LogP contribution in [0.1, 0.15) is 10.5 Å². The normalized spacial score (nSPS) is 14.5. The van der Waals surface area contributed by atoms with Gasteiger partial charge in [-0.3, -0.25) is 4.79 Å². The van der Waals surface area contributed by atoms with Gasteiger partial charge in [-0.25, -0.2) is 15.0 Å². The van der Waals surface area contributed by atoms with Gasteiger partial charge < -0.3 is 29.2 Å². The highest BCUT2D eigenvalue weighted by Gasteiger charge is 2.26. The third-order valence-corrected chi connectivity index (χ3v) is 5.46. The standard InChI is InChI=1S/C20H21N7O3/c1-29-14-3-4-15(30-2)16-12(14)9-13(25-16)20(28)27-7-5-26(6-8-27)19-17-18(22-10-21-17)23-11-24-19/h3-4,9-11,25H,5-8H2,1-2H3,(H,21,22,23,24). The number of rotatable bonds is 4. The molecule has 4 aromatic rings. The number of ether oxygens (including phenoxy) is 2. The molecule has 0 atom stereocenters. The van der Waals surface area contributed by atoms with E-state index in [0.717, 1.165) is 22.2 Å². The van der Waals surface area contributed by atoms with Gasteiger partial charge in [0.05, 0.1) is 26.1 Å². The molecule has 154 valence electrons. The Kier molecular flexibility index (Phi) is 4.38. The Hall–Kier alpha value is -3.82. The first-order valence-electron chi connectivity index (χ1n) is 9.61. The van der Waals surface area contributed by atoms with Crippen molar-refractivity contribution in [2.45, 2.75) is 0 Å². The molecule has 10 heteroatoms. The number of H-pyrrole nitrogens is 2. The van der Waals surface area contributed by atoms with E-state index in [1.54, 1.807) is 20.5 Å². The average molecular weight is 407 g/mol. The summed E-state index contributed by atoms with van der Waals surface area (Å²) in [4.78, 5) is 36.2. The highest BCUT2D eigenvalue weighted by molar-refractivity contribution is 6.01. The molecular weight excluding hydrogens is 386 g/mol. The number of aromatic nitrogens is 5. The average Bonchev–Trinajstić information content (AvgIpc) is 3.45. The summed E-state index contributed by atoms with van der Waals surface area (Å²) in [5.74, 6) is 2.12. The van der Waals surface area contributed by atoms with Crippen molar-refractivity contribution in [3.8, 4) is 11.5 Å². The number of aromatic amines is 2. The van der Waals surface area contributed by atoms with E-state index in [0.29, 0.717) is 49.0 Å². The smallest absolute Gasteiger partial charge is 0.270 e. The van der Waals surface area contributed by atoms with Crippen LogP contribution in [0, 0.1) is 0 Å². The monoisotopic (exact) mass is 407 g/mol. The molecule has 3 aromatic heterocycles. The molecule has 1 amide bonds. The first kappa shape index (κ1) is 18.2. The Morgan fingerprint density at radius 1 is 1.00 bits per heavy atom. The molecule has 1 saturated heterocycles. The highest BCUT2D eigenvalue weighted by atomic mass is 16.5. The lowest BCUT2D eigenvalue weighted by atomic mass is 10.2. The highest BCUT2D eigenvalue weighted by Crippen LogP contribution is 2.33. The van der Waals surface area contributed by atoms with Gasteiger partial charge in [0.1, 0.15) is 29.0 Å². The van der Waals surface area contributed by atoms with Crippen LogP contribution in [0.2, 0.25) is 0 Å². The fourth-order valence-electron chi connectivity index (χ4n) is 3.91. The molecule has 2 N–H and O–H groups in total. The number of nitrogens with one attached hydrogen (secondary N) is 2. The lowest BCUT2D eigenvalue weighted by Crippen LogP contribution is -2.49. The summed E-state index contributed by atoms with van der Waals surface area (Å²) >= 11 is 0. The molecule has 5 rings (SSSR count). The minimum absolute atomic E-state index is 0.0515. The number of methoxy groups -OCH3 is 2. The van der Waals surface area contributed by atoms with Gasteiger partial charge in [-0.15, -0.1) is 0 Å². The third kappa shape index (κ3) is 2.88. The topological polar surface area (TPSA) is 112 Å². The summed E-state index contributed by atoms with van der Waals surface area (Å²) in [5.41, 5.74) is 2.72. The summed E-state index contributed by atoms with van der Waals surface area (Å²) in [5, 5.41) is 0.821. The van der Waals surface area contributed by atoms with E-state index in [2.05, 4.69) is 29.8 Å². The van der Waals surface area contributed by atoms with Crippen molar-refractivity contribution in [3.63, 3.8) is 0 Å². The van der Waals surface area contributed by atoms with Crippen LogP contribution in [-0.2, 0) is 0 Å². The largest absolute Gasteiger partial charge is 0.496 e. The molecule has 30 heavy (non-hydrogen) atoms. The third-order valence-electron chi connectivity index (χ3n) is 5.46. The van der Waals surface area contributed by atoms with E-state index in [9.17, 15) is 4.79 Å². The Balaban J connectivity index is 1.36. The number of carbonyl (C=O) groups excluding carboxylic acids is 1. The van der Waals surface area contributed by atoms with Crippen LogP contribution in [0.3, 0.4) is 0 Å². The van der Waals surface area contributed by atoms with Gasteiger partial charge >= 0.3 is 0 Å². The van der Waals surface area contributed by atoms with Crippen molar-refractivity contribution < 1.29 is 14.3 Å². The second kappa shape index (κ2) is 7.21. The molecular formula is C20H21N7O3. The van der Waals surface area contributed by atoms with Crippen LogP contribution in [0.5, 0.6) is 11.5 Å². The van der Waals surface area contributed by atoms with Gasteiger partial charge in [-0.2, -0.15) is 0 Å². The zero-order chi connectivity index (χ0) is 20.7. The van der Waals surface area contributed by atoms with Gasteiger partial charge in [0.25, 0.3) is 5.91 Å². The fourth-order valence-corrected chi connectivity index (χ4v) is 3.91. The number of imidazole rings is 1. The Labute approximate surface area is 171 Å². The van der Waals surface area contributed by atoms with Gasteiger partial charge in [0, 0.05) is 31.6 Å². The second-order valence-electron chi connectivity index (χ2n) is 7.02. The Bertz CT molecular complexity index is 1180. The second-order valence-corrected chi connectivity index (χ2v) is 7.02. The number of fused-ring (bicyclic) bond motifs is 2. The Morgan fingerprint density at radius 2 is 1.77 bits per heavy atom. The maximum Gasteiger partial charge on any atom is 0.270 e. The van der Waals surface area contributed by atoms with Crippen molar-refractivity contribution in [2.24, 2.45) is 0 Å².